The highest BCUT2D eigenvalue weighted by Gasteiger charge is 2.41. The molecule has 346 valence electrons. The van der Waals surface area contributed by atoms with Gasteiger partial charge in [0.2, 0.25) is 29.5 Å². The number of nitrogens with zero attached hydrogens (tertiary/aromatic N) is 4. The van der Waals surface area contributed by atoms with Crippen LogP contribution in [0.15, 0.2) is 29.3 Å². The van der Waals surface area contributed by atoms with E-state index in [1.54, 1.807) is 39.8 Å². The third-order valence-corrected chi connectivity index (χ3v) is 11.3. The normalized spacial score (nSPS) is 17.8. The van der Waals surface area contributed by atoms with Gasteiger partial charge in [-0.25, -0.2) is 4.79 Å². The number of benzene rings is 1. The number of likely N-dealkylation sites (tertiary alicyclic amines) is 1. The number of hydrogen-bond acceptors (Lipinski definition) is 9. The van der Waals surface area contributed by atoms with Crippen LogP contribution in [-0.4, -0.2) is 142 Å². The zero-order valence-electron chi connectivity index (χ0n) is 37.5. The first-order valence-corrected chi connectivity index (χ1v) is 21.8. The minimum Gasteiger partial charge on any atom is -0.508 e. The number of carbonyl (C=O) groups excluding carboxylic acids is 5. The third kappa shape index (κ3) is 15.4. The fourth-order valence-electron chi connectivity index (χ4n) is 7.69. The van der Waals surface area contributed by atoms with E-state index < -0.39 is 71.1 Å². The number of aliphatic carboxylic acids is 1. The molecule has 62 heavy (non-hydrogen) atoms. The van der Waals surface area contributed by atoms with E-state index in [9.17, 15) is 39.0 Å². The Morgan fingerprint density at radius 1 is 0.855 bits per heavy atom. The Balaban J connectivity index is 1.81. The Bertz CT molecular complexity index is 1740. The number of aliphatic imine (C=N–C) groups is 1. The van der Waals surface area contributed by atoms with E-state index in [1.165, 1.54) is 17.0 Å². The van der Waals surface area contributed by atoms with E-state index in [-0.39, 0.29) is 62.3 Å². The molecule has 1 aromatic carbocycles. The summed E-state index contributed by atoms with van der Waals surface area (Å²) < 4.78 is 0. The van der Waals surface area contributed by atoms with Gasteiger partial charge in [0, 0.05) is 51.6 Å². The number of carboxylic acids is 1. The Morgan fingerprint density at radius 3 is 2.08 bits per heavy atom. The molecule has 2 saturated heterocycles. The summed E-state index contributed by atoms with van der Waals surface area (Å²) in [6.07, 6.45) is 2.66. The summed E-state index contributed by atoms with van der Waals surface area (Å²) in [5, 5.41) is 39.1. The number of carbonyl (C=O) groups is 6. The van der Waals surface area contributed by atoms with Crippen molar-refractivity contribution < 1.29 is 39.0 Å². The Hall–Kier alpha value is -5.62. The maximum absolute atomic E-state index is 14.3. The van der Waals surface area contributed by atoms with Gasteiger partial charge >= 0.3 is 5.97 Å². The van der Waals surface area contributed by atoms with Crippen LogP contribution in [0.4, 0.5) is 0 Å². The Morgan fingerprint density at radius 2 is 1.50 bits per heavy atom. The van der Waals surface area contributed by atoms with Gasteiger partial charge in [-0.2, -0.15) is 0 Å². The summed E-state index contributed by atoms with van der Waals surface area (Å²) in [5.41, 5.74) is 10.7. The van der Waals surface area contributed by atoms with Crippen LogP contribution in [0.25, 0.3) is 0 Å². The van der Waals surface area contributed by atoms with E-state index >= 15 is 0 Å². The number of aromatic hydroxyl groups is 1. The van der Waals surface area contributed by atoms with Gasteiger partial charge < -0.3 is 57.6 Å². The predicted octanol–water partition coefficient (Wildman–Crippen LogP) is 1.08. The molecular weight excluding hydrogens is 799 g/mol. The molecule has 5 amide bonds. The van der Waals surface area contributed by atoms with Crippen LogP contribution in [0.2, 0.25) is 0 Å². The molecule has 19 nitrogen and oxygen atoms in total. The van der Waals surface area contributed by atoms with E-state index in [1.807, 2.05) is 30.6 Å². The van der Waals surface area contributed by atoms with Crippen LogP contribution in [0.3, 0.4) is 0 Å². The van der Waals surface area contributed by atoms with Gasteiger partial charge in [-0.15, -0.1) is 0 Å². The first kappa shape index (κ1) is 50.7. The molecule has 0 bridgehead atoms. The SMILES string of the molecule is CCN1CCN(CCC[C@H](C)C(=O)N[C@@H](CCCN=C(N)N)C(=O)N2CCC[C@H]2C(=O)N[C@@H](Cc2ccc(O)cc2)C(=O)N[C@H](C(=O)N[C@@H](CC(C)C)C(=O)O)C(C)(C)C)C1=N. The molecule has 2 heterocycles. The fraction of sp³-hybridized carbons (Fsp3) is 0.674. The van der Waals surface area contributed by atoms with Gasteiger partial charge in [-0.05, 0) is 80.9 Å². The maximum Gasteiger partial charge on any atom is 0.326 e. The van der Waals surface area contributed by atoms with Crippen molar-refractivity contribution in [3.8, 4) is 5.75 Å². The molecule has 0 unspecified atom stereocenters. The first-order valence-electron chi connectivity index (χ1n) is 21.8. The van der Waals surface area contributed by atoms with E-state index in [4.69, 9.17) is 16.9 Å². The van der Waals surface area contributed by atoms with Crippen molar-refractivity contribution in [3.63, 3.8) is 0 Å². The molecule has 2 fully saturated rings. The lowest BCUT2D eigenvalue weighted by molar-refractivity contribution is -0.144. The number of nitrogens with two attached hydrogens (primary N) is 2. The van der Waals surface area contributed by atoms with Crippen LogP contribution >= 0.6 is 0 Å². The maximum atomic E-state index is 14.3. The minimum absolute atomic E-state index is 0.000909. The summed E-state index contributed by atoms with van der Waals surface area (Å²) in [6.45, 7) is 16.0. The second-order valence-corrected chi connectivity index (χ2v) is 17.9. The van der Waals surface area contributed by atoms with Crippen LogP contribution < -0.4 is 32.7 Å². The van der Waals surface area contributed by atoms with Crippen molar-refractivity contribution in [2.75, 3.05) is 39.3 Å². The topological polar surface area (TPSA) is 289 Å². The van der Waals surface area contributed by atoms with Gasteiger partial charge in [-0.1, -0.05) is 53.7 Å². The van der Waals surface area contributed by atoms with Crippen molar-refractivity contribution in [2.45, 2.75) is 130 Å². The summed E-state index contributed by atoms with van der Waals surface area (Å²) in [5.74, 6) is -4.10. The van der Waals surface area contributed by atoms with Crippen molar-refractivity contribution >= 4 is 47.4 Å². The lowest BCUT2D eigenvalue weighted by atomic mass is 9.85. The Labute approximate surface area is 365 Å². The van der Waals surface area contributed by atoms with E-state index in [0.717, 1.165) is 19.6 Å². The van der Waals surface area contributed by atoms with Gasteiger partial charge in [-0.3, -0.25) is 34.4 Å². The van der Waals surface area contributed by atoms with Gasteiger partial charge in [0.25, 0.3) is 0 Å². The molecule has 0 aliphatic carbocycles. The number of carboxylic acid groups (broad SMARTS) is 1. The lowest BCUT2D eigenvalue weighted by Gasteiger charge is -2.33. The first-order chi connectivity index (χ1) is 29.1. The van der Waals surface area contributed by atoms with Gasteiger partial charge in [0.15, 0.2) is 11.9 Å². The molecule has 6 atom stereocenters. The summed E-state index contributed by atoms with van der Waals surface area (Å²) in [4.78, 5) is 91.3. The van der Waals surface area contributed by atoms with Crippen molar-refractivity contribution in [1.29, 1.82) is 5.41 Å². The molecular formula is C43H71N11O8. The second-order valence-electron chi connectivity index (χ2n) is 17.9. The average molecular weight is 870 g/mol. The minimum atomic E-state index is -1.25. The van der Waals surface area contributed by atoms with Crippen molar-refractivity contribution in [3.05, 3.63) is 29.8 Å². The second kappa shape index (κ2) is 23.6. The van der Waals surface area contributed by atoms with Gasteiger partial charge in [0.05, 0.1) is 0 Å². The highest BCUT2D eigenvalue weighted by atomic mass is 16.4. The highest BCUT2D eigenvalue weighted by molar-refractivity contribution is 5.96. The molecule has 11 N–H and O–H groups in total. The smallest absolute Gasteiger partial charge is 0.326 e. The third-order valence-electron chi connectivity index (χ3n) is 11.3. The van der Waals surface area contributed by atoms with Crippen molar-refractivity contribution in [2.24, 2.45) is 33.7 Å². The number of phenolic OH excluding ortho intramolecular Hbond substituents is 1. The standard InChI is InChI=1S/C43H71N11O8/c1-8-52-22-23-53(42(52)46)20-10-12-27(4)35(56)48-30(13-9-19-47-41(44)45)39(60)54-21-11-14-33(54)37(58)49-31(25-28-15-17-29(55)18-16-28)36(57)51-34(43(5,6)7)38(59)50-32(40(61)62)24-26(2)3/h15-18,26-27,30-34,46,55H,8-14,19-25H2,1-7H3,(H,48,56)(H,49,58)(H,50,59)(H,51,57)(H,61,62)(H4,44,45,47)/t27-,30-,31-,32-,33-,34+/m0/s1. The molecule has 1 aromatic rings. The molecule has 0 aromatic heterocycles. The van der Waals surface area contributed by atoms with Crippen LogP contribution in [0.1, 0.15) is 99.0 Å². The molecule has 0 radical (unpaired) electrons. The monoisotopic (exact) mass is 870 g/mol. The quantitative estimate of drug-likeness (QED) is 0.0425. The number of hydrogen-bond donors (Lipinski definition) is 9. The van der Waals surface area contributed by atoms with E-state index in [2.05, 4.69) is 26.3 Å². The zero-order valence-corrected chi connectivity index (χ0v) is 37.5. The number of likely N-dealkylation sites (N-methyl/N-ethyl adjacent to an activating group) is 1. The molecule has 0 spiro atoms. The summed E-state index contributed by atoms with van der Waals surface area (Å²) in [7, 11) is 0. The van der Waals surface area contributed by atoms with Crippen molar-refractivity contribution in [1.82, 2.24) is 36.0 Å². The number of guanidine groups is 2. The number of phenols is 1. The summed E-state index contributed by atoms with van der Waals surface area (Å²) >= 11 is 0. The summed E-state index contributed by atoms with van der Waals surface area (Å²) in [6, 6.07) is 0.461. The highest BCUT2D eigenvalue weighted by Crippen LogP contribution is 2.23. The Kier molecular flexibility index (Phi) is 19.3. The molecule has 2 aliphatic heterocycles. The number of nitrogens with one attached hydrogen (secondary N) is 5. The van der Waals surface area contributed by atoms with Crippen LogP contribution in [0, 0.1) is 22.7 Å². The van der Waals surface area contributed by atoms with Crippen LogP contribution in [-0.2, 0) is 35.2 Å². The lowest BCUT2D eigenvalue weighted by Crippen LogP contribution is -2.61. The fourth-order valence-corrected chi connectivity index (χ4v) is 7.69. The van der Waals surface area contributed by atoms with Crippen LogP contribution in [0.5, 0.6) is 5.75 Å². The predicted molar refractivity (Wildman–Crippen MR) is 236 cm³/mol. The number of amides is 5. The molecule has 0 saturated carbocycles. The van der Waals surface area contributed by atoms with E-state index in [0.29, 0.717) is 43.8 Å². The molecule has 19 heteroatoms. The average Bonchev–Trinajstić information content (AvgIpc) is 3.83. The van der Waals surface area contributed by atoms with Gasteiger partial charge in [0.1, 0.15) is 36.0 Å². The zero-order chi connectivity index (χ0) is 46.3. The number of rotatable bonds is 23. The largest absolute Gasteiger partial charge is 0.508 e. The molecule has 2 aliphatic rings. The molecule has 3 rings (SSSR count).